The minimum absolute atomic E-state index is 0.188. The van der Waals surface area contributed by atoms with Gasteiger partial charge in [-0.3, -0.25) is 0 Å². The summed E-state index contributed by atoms with van der Waals surface area (Å²) in [6.07, 6.45) is 0. The molecule has 2 unspecified atom stereocenters. The number of halogens is 2. The van der Waals surface area contributed by atoms with Crippen LogP contribution in [0.25, 0.3) is 10.9 Å². The number of aromatic nitrogens is 2. The molecule has 3 heterocycles. The van der Waals surface area contributed by atoms with E-state index < -0.39 is 0 Å². The molecule has 0 radical (unpaired) electrons. The smallest absolute Gasteiger partial charge is 0.347 e. The first kappa shape index (κ1) is 16.6. The maximum atomic E-state index is 14.8. The van der Waals surface area contributed by atoms with Crippen LogP contribution in [0, 0.1) is 12.7 Å². The van der Waals surface area contributed by atoms with Crippen LogP contribution in [-0.2, 0) is 0 Å². The summed E-state index contributed by atoms with van der Waals surface area (Å²) in [7, 11) is 2.10. The average Bonchev–Trinajstić information content (AvgIpc) is 2.67. The lowest BCUT2D eigenvalue weighted by atomic mass is 10.1. The number of thioether (sulfide) groups is 1. The molecule has 0 bridgehead atoms. The van der Waals surface area contributed by atoms with Gasteiger partial charge >= 0.3 is 5.69 Å². The Hall–Kier alpha value is -0.870. The number of aryl methyl sites for hydroxylation is 1. The number of nitrogens with zero attached hydrogens (tertiary/aromatic N) is 4. The van der Waals surface area contributed by atoms with Gasteiger partial charge in [-0.05, 0) is 32.5 Å². The second-order valence-electron chi connectivity index (χ2n) is 6.67. The third-order valence-electron chi connectivity index (χ3n) is 4.82. The Morgan fingerprint density at radius 3 is 2.92 bits per heavy atom. The summed E-state index contributed by atoms with van der Waals surface area (Å²) in [5.41, 5.74) is 1.02. The fourth-order valence-electron chi connectivity index (χ4n) is 3.85. The van der Waals surface area contributed by atoms with Crippen molar-refractivity contribution >= 4 is 51.3 Å². The van der Waals surface area contributed by atoms with E-state index in [1.165, 1.54) is 2.78 Å². The number of anilines is 1. The van der Waals surface area contributed by atoms with E-state index in [1.807, 2.05) is 22.9 Å². The van der Waals surface area contributed by atoms with Crippen molar-refractivity contribution in [3.05, 3.63) is 27.9 Å². The molecule has 8 heteroatoms. The normalized spacial score (nSPS) is 24.1. The minimum atomic E-state index is -0.299. The van der Waals surface area contributed by atoms with Gasteiger partial charge in [0.15, 0.2) is 0 Å². The van der Waals surface area contributed by atoms with E-state index in [0.29, 0.717) is 16.3 Å². The molecule has 5 nitrogen and oxygen atoms in total. The summed E-state index contributed by atoms with van der Waals surface area (Å²) in [6.45, 7) is 5.69. The fraction of sp³-hybridized carbons (Fsp3) is 0.500. The van der Waals surface area contributed by atoms with E-state index in [2.05, 4.69) is 28.8 Å². The van der Waals surface area contributed by atoms with Gasteiger partial charge in [0.1, 0.15) is 11.6 Å². The van der Waals surface area contributed by atoms with Gasteiger partial charge < -0.3 is 9.80 Å². The van der Waals surface area contributed by atoms with Crippen molar-refractivity contribution in [2.45, 2.75) is 30.8 Å². The Balaban J connectivity index is 2.08. The molecule has 1 aromatic carbocycles. The summed E-state index contributed by atoms with van der Waals surface area (Å²) in [6, 6.07) is 2.20. The van der Waals surface area contributed by atoms with Gasteiger partial charge in [-0.15, -0.1) is 11.8 Å². The van der Waals surface area contributed by atoms with E-state index in [1.54, 1.807) is 24.8 Å². The van der Waals surface area contributed by atoms with Crippen molar-refractivity contribution in [3.8, 4) is 0 Å². The van der Waals surface area contributed by atoms with Crippen molar-refractivity contribution in [1.29, 1.82) is 0 Å². The maximum absolute atomic E-state index is 14.8. The third-order valence-corrected chi connectivity index (χ3v) is 6.97. The fourth-order valence-corrected chi connectivity index (χ4v) is 5.59. The number of piperazine rings is 1. The van der Waals surface area contributed by atoms with Crippen molar-refractivity contribution in [2.75, 3.05) is 30.8 Å². The summed E-state index contributed by atoms with van der Waals surface area (Å²) >= 11 is 3.50. The number of rotatable bonds is 0. The van der Waals surface area contributed by atoms with Crippen LogP contribution >= 0.6 is 34.6 Å². The highest BCUT2D eigenvalue weighted by atomic mass is 127. The number of fused-ring (bicyclic) bond motifs is 2. The molecule has 0 amide bonds. The highest BCUT2D eigenvalue weighted by Gasteiger charge is 2.36. The molecule has 2 aromatic rings. The lowest BCUT2D eigenvalue weighted by molar-refractivity contribution is 0.241. The summed E-state index contributed by atoms with van der Waals surface area (Å²) in [5, 5.41) is 0.774. The largest absolute Gasteiger partial charge is 0.359 e. The summed E-state index contributed by atoms with van der Waals surface area (Å²) in [4.78, 5) is 21.9. The SMILES string of the molecule is Cc1cc2c3c(nc(=O)n2I)N2C(C)CN(C)CC2CSc3c1F. The third kappa shape index (κ3) is 2.37. The zero-order valence-corrected chi connectivity index (χ0v) is 16.7. The van der Waals surface area contributed by atoms with Crippen molar-refractivity contribution < 1.29 is 4.39 Å². The van der Waals surface area contributed by atoms with Crippen molar-refractivity contribution in [1.82, 2.24) is 12.7 Å². The Labute approximate surface area is 157 Å². The van der Waals surface area contributed by atoms with Crippen LogP contribution in [0.15, 0.2) is 15.8 Å². The molecule has 1 aromatic heterocycles. The zero-order valence-electron chi connectivity index (χ0n) is 13.7. The topological polar surface area (TPSA) is 41.4 Å². The van der Waals surface area contributed by atoms with Crippen LogP contribution < -0.4 is 10.6 Å². The highest BCUT2D eigenvalue weighted by Crippen LogP contribution is 2.42. The maximum Gasteiger partial charge on any atom is 0.359 e. The predicted molar refractivity (Wildman–Crippen MR) is 104 cm³/mol. The van der Waals surface area contributed by atoms with Gasteiger partial charge in [-0.1, -0.05) is 0 Å². The minimum Gasteiger partial charge on any atom is -0.347 e. The van der Waals surface area contributed by atoms with Crippen LogP contribution in [0.4, 0.5) is 10.2 Å². The first-order chi connectivity index (χ1) is 11.4. The molecule has 0 N–H and O–H groups in total. The number of hydrogen-bond acceptors (Lipinski definition) is 5. The second kappa shape index (κ2) is 5.84. The molecule has 2 aliphatic heterocycles. The average molecular weight is 460 g/mol. The quantitative estimate of drug-likeness (QED) is 0.566. The lowest BCUT2D eigenvalue weighted by Gasteiger charge is -2.44. The summed E-state index contributed by atoms with van der Waals surface area (Å²) in [5.74, 6) is 1.24. The highest BCUT2D eigenvalue weighted by molar-refractivity contribution is 14.1. The lowest BCUT2D eigenvalue weighted by Crippen LogP contribution is -2.58. The van der Waals surface area contributed by atoms with E-state index >= 15 is 0 Å². The molecule has 0 saturated carbocycles. The molecule has 128 valence electrons. The zero-order chi connectivity index (χ0) is 17.2. The Bertz CT molecular complexity index is 902. The molecule has 2 aliphatic rings. The van der Waals surface area contributed by atoms with Crippen LogP contribution in [0.1, 0.15) is 12.5 Å². The number of hydrogen-bond donors (Lipinski definition) is 0. The molecule has 0 spiro atoms. The number of likely N-dealkylation sites (N-methyl/N-ethyl adjacent to an activating group) is 1. The number of benzene rings is 1. The first-order valence-electron chi connectivity index (χ1n) is 7.90. The molecule has 1 fully saturated rings. The van der Waals surface area contributed by atoms with E-state index in [0.717, 1.165) is 29.7 Å². The molecule has 0 aliphatic carbocycles. The van der Waals surface area contributed by atoms with Crippen LogP contribution in [0.2, 0.25) is 0 Å². The van der Waals surface area contributed by atoms with Crippen LogP contribution in [0.3, 0.4) is 0 Å². The van der Waals surface area contributed by atoms with E-state index in [9.17, 15) is 9.18 Å². The van der Waals surface area contributed by atoms with Crippen LogP contribution in [0.5, 0.6) is 0 Å². The van der Waals surface area contributed by atoms with Crippen molar-refractivity contribution in [3.63, 3.8) is 0 Å². The van der Waals surface area contributed by atoms with Crippen LogP contribution in [-0.4, -0.2) is 50.6 Å². The molecule has 24 heavy (non-hydrogen) atoms. The molecule has 2 atom stereocenters. The second-order valence-corrected chi connectivity index (χ2v) is 8.67. The molecule has 4 rings (SSSR count). The van der Waals surface area contributed by atoms with Gasteiger partial charge in [0, 0.05) is 24.9 Å². The van der Waals surface area contributed by atoms with Gasteiger partial charge in [-0.2, -0.15) is 4.98 Å². The Kier molecular flexibility index (Phi) is 4.04. The van der Waals surface area contributed by atoms with Gasteiger partial charge in [-0.25, -0.2) is 12.0 Å². The first-order valence-corrected chi connectivity index (χ1v) is 9.85. The molecule has 1 saturated heterocycles. The molecular formula is C16H18FIN4OS. The van der Waals surface area contributed by atoms with E-state index in [4.69, 9.17) is 0 Å². The summed E-state index contributed by atoms with van der Waals surface area (Å²) < 4.78 is 16.3. The Morgan fingerprint density at radius 1 is 1.42 bits per heavy atom. The van der Waals surface area contributed by atoms with Crippen molar-refractivity contribution in [2.24, 2.45) is 0 Å². The van der Waals surface area contributed by atoms with Gasteiger partial charge in [0.25, 0.3) is 0 Å². The van der Waals surface area contributed by atoms with Gasteiger partial charge in [0.2, 0.25) is 0 Å². The predicted octanol–water partition coefficient (Wildman–Crippen LogP) is 2.66. The van der Waals surface area contributed by atoms with E-state index in [-0.39, 0.29) is 23.6 Å². The Morgan fingerprint density at radius 2 is 2.17 bits per heavy atom. The standard InChI is InChI=1S/C16H18FIN4OS/c1-8-4-11-12-14(13(8)17)24-7-10-6-20(3)5-9(2)21(10)15(12)19-16(23)22(11)18/h4,9-10H,5-7H2,1-3H3. The van der Waals surface area contributed by atoms with Gasteiger partial charge in [0.05, 0.1) is 44.7 Å². The molecular weight excluding hydrogens is 442 g/mol. The monoisotopic (exact) mass is 460 g/mol.